The van der Waals surface area contributed by atoms with Crippen molar-refractivity contribution in [3.05, 3.63) is 188 Å². The molecule has 0 saturated heterocycles. The van der Waals surface area contributed by atoms with Crippen LogP contribution in [0.2, 0.25) is 0 Å². The monoisotopic (exact) mass is 717 g/mol. The van der Waals surface area contributed by atoms with Crippen LogP contribution in [0.1, 0.15) is 0 Å². The summed E-state index contributed by atoms with van der Waals surface area (Å²) in [5.74, 6) is 1.72. The van der Waals surface area contributed by atoms with Crippen LogP contribution in [0.15, 0.2) is 197 Å². The Morgan fingerprint density at radius 3 is 1.34 bits per heavy atom. The van der Waals surface area contributed by atoms with E-state index in [1.165, 1.54) is 0 Å². The Hall–Kier alpha value is -7.63. The summed E-state index contributed by atoms with van der Waals surface area (Å²) in [5, 5.41) is 4.31. The molecule has 3 heterocycles. The second-order valence-corrected chi connectivity index (χ2v) is 14.0. The third-order valence-corrected chi connectivity index (χ3v) is 10.5. The zero-order valence-electron chi connectivity index (χ0n) is 30.1. The topological polar surface area (TPSA) is 65.0 Å². The Morgan fingerprint density at radius 1 is 0.268 bits per heavy atom. The molecule has 0 unspecified atom stereocenters. The first-order valence-electron chi connectivity index (χ1n) is 18.7. The van der Waals surface area contributed by atoms with Gasteiger partial charge in [-0.05, 0) is 76.3 Å². The Balaban J connectivity index is 1.20. The number of furan rings is 2. The number of rotatable bonds is 6. The second kappa shape index (κ2) is 13.0. The van der Waals surface area contributed by atoms with E-state index in [1.54, 1.807) is 0 Å². The first-order chi connectivity index (χ1) is 27.7. The highest BCUT2D eigenvalue weighted by molar-refractivity contribution is 6.08. The highest BCUT2D eigenvalue weighted by atomic mass is 16.3. The van der Waals surface area contributed by atoms with E-state index in [9.17, 15) is 0 Å². The van der Waals surface area contributed by atoms with E-state index in [0.717, 1.165) is 93.9 Å². The number of fused-ring (bicyclic) bond motifs is 6. The van der Waals surface area contributed by atoms with E-state index in [4.69, 9.17) is 23.8 Å². The molecule has 0 aliphatic carbocycles. The molecule has 5 nitrogen and oxygen atoms in total. The largest absolute Gasteiger partial charge is 0.456 e. The zero-order valence-corrected chi connectivity index (χ0v) is 30.1. The standard InChI is InChI=1S/C51H31N3O2/c1-4-14-32(15-5-1)37-28-42(35-24-26-40-38-20-10-12-22-44(38)55-46(40)30-35)48(33-16-6-2-7-17-33)43(29-37)51-53-49(34-18-8-3-9-19-34)52-50(54-51)36-25-27-41-39-21-11-13-23-45(39)56-47(41)31-36/h1-31H. The second-order valence-electron chi connectivity index (χ2n) is 14.0. The molecule has 0 aliphatic rings. The lowest BCUT2D eigenvalue weighted by Crippen LogP contribution is -2.02. The van der Waals surface area contributed by atoms with Crippen molar-refractivity contribution in [3.8, 4) is 67.5 Å². The van der Waals surface area contributed by atoms with Crippen molar-refractivity contribution < 1.29 is 8.83 Å². The van der Waals surface area contributed by atoms with Gasteiger partial charge in [0.15, 0.2) is 17.5 Å². The third kappa shape index (κ3) is 5.45. The lowest BCUT2D eigenvalue weighted by atomic mass is 9.86. The summed E-state index contributed by atoms with van der Waals surface area (Å²) in [5.41, 5.74) is 12.2. The van der Waals surface area contributed by atoms with Crippen LogP contribution in [0.5, 0.6) is 0 Å². The lowest BCUT2D eigenvalue weighted by molar-refractivity contribution is 0.668. The van der Waals surface area contributed by atoms with Gasteiger partial charge in [-0.2, -0.15) is 0 Å². The molecule has 11 aromatic rings. The maximum absolute atomic E-state index is 6.43. The van der Waals surface area contributed by atoms with Crippen molar-refractivity contribution >= 4 is 43.9 Å². The number of hydrogen-bond donors (Lipinski definition) is 0. The lowest BCUT2D eigenvalue weighted by Gasteiger charge is -2.19. The van der Waals surface area contributed by atoms with Crippen molar-refractivity contribution in [1.82, 2.24) is 15.0 Å². The van der Waals surface area contributed by atoms with Gasteiger partial charge in [-0.3, -0.25) is 0 Å². The quantitative estimate of drug-likeness (QED) is 0.171. The van der Waals surface area contributed by atoms with Crippen molar-refractivity contribution in [2.75, 3.05) is 0 Å². The fraction of sp³-hybridized carbons (Fsp3) is 0. The Labute approximate surface area is 322 Å². The molecule has 0 aliphatic heterocycles. The Morgan fingerprint density at radius 2 is 0.714 bits per heavy atom. The predicted molar refractivity (Wildman–Crippen MR) is 227 cm³/mol. The summed E-state index contributed by atoms with van der Waals surface area (Å²) in [4.78, 5) is 15.7. The summed E-state index contributed by atoms with van der Waals surface area (Å²) in [6, 6.07) is 64.6. The van der Waals surface area contributed by atoms with Crippen LogP contribution in [-0.2, 0) is 0 Å². The minimum absolute atomic E-state index is 0.561. The summed E-state index contributed by atoms with van der Waals surface area (Å²) < 4.78 is 12.8. The average Bonchev–Trinajstić information content (AvgIpc) is 3.84. The van der Waals surface area contributed by atoms with E-state index in [0.29, 0.717) is 17.5 Å². The van der Waals surface area contributed by atoms with Crippen LogP contribution in [0.25, 0.3) is 111 Å². The molecule has 0 atom stereocenters. The molecule has 8 aromatic carbocycles. The van der Waals surface area contributed by atoms with E-state index >= 15 is 0 Å². The average molecular weight is 718 g/mol. The molecule has 0 N–H and O–H groups in total. The maximum atomic E-state index is 6.43. The zero-order chi connectivity index (χ0) is 37.0. The number of aromatic nitrogens is 3. The number of para-hydroxylation sites is 2. The number of hydrogen-bond acceptors (Lipinski definition) is 5. The molecule has 0 fully saturated rings. The Kier molecular flexibility index (Phi) is 7.42. The van der Waals surface area contributed by atoms with Crippen LogP contribution in [0.4, 0.5) is 0 Å². The van der Waals surface area contributed by atoms with Crippen LogP contribution < -0.4 is 0 Å². The van der Waals surface area contributed by atoms with Gasteiger partial charge in [-0.25, -0.2) is 15.0 Å². The molecule has 0 spiro atoms. The van der Waals surface area contributed by atoms with E-state index < -0.39 is 0 Å². The summed E-state index contributed by atoms with van der Waals surface area (Å²) in [6.07, 6.45) is 0. The first-order valence-corrected chi connectivity index (χ1v) is 18.7. The fourth-order valence-corrected chi connectivity index (χ4v) is 7.86. The van der Waals surface area contributed by atoms with Crippen LogP contribution >= 0.6 is 0 Å². The molecule has 5 heteroatoms. The van der Waals surface area contributed by atoms with Gasteiger partial charge in [0.1, 0.15) is 22.3 Å². The van der Waals surface area contributed by atoms with Crippen molar-refractivity contribution in [2.24, 2.45) is 0 Å². The fourth-order valence-electron chi connectivity index (χ4n) is 7.86. The molecule has 262 valence electrons. The van der Waals surface area contributed by atoms with E-state index in [2.05, 4.69) is 109 Å². The van der Waals surface area contributed by atoms with Gasteiger partial charge < -0.3 is 8.83 Å². The van der Waals surface area contributed by atoms with Crippen molar-refractivity contribution in [3.63, 3.8) is 0 Å². The van der Waals surface area contributed by atoms with Gasteiger partial charge in [-0.15, -0.1) is 0 Å². The molecule has 0 amide bonds. The molecule has 11 rings (SSSR count). The molecule has 0 radical (unpaired) electrons. The normalized spacial score (nSPS) is 11.6. The van der Waals surface area contributed by atoms with E-state index in [1.807, 2.05) is 78.9 Å². The molecule has 0 saturated carbocycles. The maximum Gasteiger partial charge on any atom is 0.164 e. The number of nitrogens with zero attached hydrogens (tertiary/aromatic N) is 3. The van der Waals surface area contributed by atoms with Gasteiger partial charge >= 0.3 is 0 Å². The molecule has 3 aromatic heterocycles. The summed E-state index contributed by atoms with van der Waals surface area (Å²) in [7, 11) is 0. The summed E-state index contributed by atoms with van der Waals surface area (Å²) in [6.45, 7) is 0. The minimum Gasteiger partial charge on any atom is -0.456 e. The van der Waals surface area contributed by atoms with Crippen LogP contribution in [0, 0.1) is 0 Å². The molecule has 0 bridgehead atoms. The highest BCUT2D eigenvalue weighted by Gasteiger charge is 2.22. The molecular formula is C51H31N3O2. The van der Waals surface area contributed by atoms with Gasteiger partial charge in [0, 0.05) is 43.8 Å². The molecule has 56 heavy (non-hydrogen) atoms. The molecular weight excluding hydrogens is 687 g/mol. The van der Waals surface area contributed by atoms with Crippen molar-refractivity contribution in [1.29, 1.82) is 0 Å². The SMILES string of the molecule is c1ccc(-c2cc(-c3ccc4c(c3)oc3ccccc34)c(-c3ccccc3)c(-c3nc(-c4ccccc4)nc(-c4ccc5c(c4)oc4ccccc45)n3)c2)cc1. The van der Waals surface area contributed by atoms with Crippen molar-refractivity contribution in [2.45, 2.75) is 0 Å². The van der Waals surface area contributed by atoms with Gasteiger partial charge in [0.05, 0.1) is 0 Å². The van der Waals surface area contributed by atoms with Crippen LogP contribution in [-0.4, -0.2) is 15.0 Å². The predicted octanol–water partition coefficient (Wildman–Crippen LogP) is 13.7. The van der Waals surface area contributed by atoms with Gasteiger partial charge in [0.2, 0.25) is 0 Å². The summed E-state index contributed by atoms with van der Waals surface area (Å²) >= 11 is 0. The Bertz CT molecular complexity index is 3240. The third-order valence-electron chi connectivity index (χ3n) is 10.5. The smallest absolute Gasteiger partial charge is 0.164 e. The first kappa shape index (κ1) is 31.9. The van der Waals surface area contributed by atoms with Crippen LogP contribution in [0.3, 0.4) is 0 Å². The van der Waals surface area contributed by atoms with Gasteiger partial charge in [0.25, 0.3) is 0 Å². The number of benzene rings is 8. The minimum atomic E-state index is 0.561. The highest BCUT2D eigenvalue weighted by Crippen LogP contribution is 2.44. The van der Waals surface area contributed by atoms with Gasteiger partial charge in [-0.1, -0.05) is 140 Å². The van der Waals surface area contributed by atoms with E-state index in [-0.39, 0.29) is 0 Å².